The van der Waals surface area contributed by atoms with Crippen molar-refractivity contribution in [2.45, 2.75) is 44.8 Å². The van der Waals surface area contributed by atoms with Crippen molar-refractivity contribution in [1.82, 2.24) is 4.90 Å². The van der Waals surface area contributed by atoms with E-state index < -0.39 is 5.60 Å². The third kappa shape index (κ3) is 1.71. The molecule has 0 atom stereocenters. The highest BCUT2D eigenvalue weighted by Crippen LogP contribution is 2.50. The molecule has 3 rings (SSSR count). The van der Waals surface area contributed by atoms with Gasteiger partial charge in [-0.1, -0.05) is 0 Å². The molecular formula is C11H19NO3. The molecule has 0 aromatic rings. The summed E-state index contributed by atoms with van der Waals surface area (Å²) in [4.78, 5) is 13.6. The lowest BCUT2D eigenvalue weighted by Gasteiger charge is -2.40. The van der Waals surface area contributed by atoms with Gasteiger partial charge in [-0.3, -0.25) is 4.90 Å². The summed E-state index contributed by atoms with van der Waals surface area (Å²) < 4.78 is 5.32. The van der Waals surface area contributed by atoms with Crippen molar-refractivity contribution in [3.8, 4) is 0 Å². The Morgan fingerprint density at radius 3 is 2.60 bits per heavy atom. The van der Waals surface area contributed by atoms with E-state index >= 15 is 0 Å². The van der Waals surface area contributed by atoms with Crippen LogP contribution in [0.25, 0.3) is 0 Å². The molecule has 15 heavy (non-hydrogen) atoms. The zero-order valence-electron chi connectivity index (χ0n) is 9.62. The molecule has 1 amide bonds. The van der Waals surface area contributed by atoms with E-state index in [1.807, 2.05) is 20.8 Å². The number of fused-ring (bicyclic) bond motifs is 1. The predicted octanol–water partition coefficient (Wildman–Crippen LogP) is 1.38. The number of hydrogen-bond donors (Lipinski definition) is 1. The number of carbonyl (C=O) groups is 1. The van der Waals surface area contributed by atoms with Gasteiger partial charge in [-0.25, -0.2) is 4.79 Å². The smallest absolute Gasteiger partial charge is 0.410 e. The van der Waals surface area contributed by atoms with Gasteiger partial charge >= 0.3 is 6.09 Å². The monoisotopic (exact) mass is 213 g/mol. The van der Waals surface area contributed by atoms with E-state index in [1.54, 1.807) is 4.90 Å². The SMILES string of the molecule is CC(C)(C)OC(=O)N1C[C@H]2C[C@]1(CO)C2. The van der Waals surface area contributed by atoms with Crippen LogP contribution in [0.4, 0.5) is 4.79 Å². The Hall–Kier alpha value is -0.770. The maximum atomic E-state index is 11.9. The standard InChI is InChI=1S/C11H19NO3/c1-10(2,3)15-9(14)12-6-8-4-11(12,5-8)7-13/h8,13H,4-7H2,1-3H3/t8-,11+. The van der Waals surface area contributed by atoms with Gasteiger partial charge in [0.25, 0.3) is 0 Å². The van der Waals surface area contributed by atoms with Crippen LogP contribution in [-0.4, -0.2) is 40.4 Å². The van der Waals surface area contributed by atoms with Crippen molar-refractivity contribution in [3.63, 3.8) is 0 Å². The molecule has 0 aromatic carbocycles. The first kappa shape index (κ1) is 10.7. The van der Waals surface area contributed by atoms with Gasteiger partial charge in [0.15, 0.2) is 0 Å². The van der Waals surface area contributed by atoms with Crippen LogP contribution in [-0.2, 0) is 4.74 Å². The van der Waals surface area contributed by atoms with Crippen LogP contribution in [0.2, 0.25) is 0 Å². The van der Waals surface area contributed by atoms with E-state index in [1.165, 1.54) is 0 Å². The van der Waals surface area contributed by atoms with Gasteiger partial charge in [-0.15, -0.1) is 0 Å². The number of rotatable bonds is 1. The zero-order chi connectivity index (χ0) is 11.3. The molecule has 1 saturated carbocycles. The number of aliphatic hydroxyl groups is 1. The van der Waals surface area contributed by atoms with Crippen molar-refractivity contribution in [3.05, 3.63) is 0 Å². The quantitative estimate of drug-likeness (QED) is 0.716. The number of carbonyl (C=O) groups excluding carboxylic acids is 1. The first-order chi connectivity index (χ1) is 6.86. The Bertz CT molecular complexity index is 276. The lowest BCUT2D eigenvalue weighted by Crippen LogP contribution is -2.52. The van der Waals surface area contributed by atoms with Crippen LogP contribution < -0.4 is 0 Å². The van der Waals surface area contributed by atoms with Crippen LogP contribution in [0.15, 0.2) is 0 Å². The summed E-state index contributed by atoms with van der Waals surface area (Å²) in [5, 5.41) is 9.33. The van der Waals surface area contributed by atoms with Crippen LogP contribution in [0.5, 0.6) is 0 Å². The van der Waals surface area contributed by atoms with E-state index in [9.17, 15) is 9.90 Å². The summed E-state index contributed by atoms with van der Waals surface area (Å²) in [6, 6.07) is 0. The van der Waals surface area contributed by atoms with E-state index in [-0.39, 0.29) is 18.2 Å². The molecule has 2 bridgehead atoms. The van der Waals surface area contributed by atoms with Gasteiger partial charge < -0.3 is 9.84 Å². The fraction of sp³-hybridized carbons (Fsp3) is 0.909. The average molecular weight is 213 g/mol. The molecular weight excluding hydrogens is 194 g/mol. The number of aliphatic hydroxyl groups excluding tert-OH is 1. The average Bonchev–Trinajstić information content (AvgIpc) is 2.52. The zero-order valence-corrected chi connectivity index (χ0v) is 9.62. The van der Waals surface area contributed by atoms with Crippen molar-refractivity contribution < 1.29 is 14.6 Å². The van der Waals surface area contributed by atoms with Crippen LogP contribution >= 0.6 is 0 Å². The number of nitrogens with zero attached hydrogens (tertiary/aromatic N) is 1. The second kappa shape index (κ2) is 3.11. The van der Waals surface area contributed by atoms with Gasteiger partial charge in [0.2, 0.25) is 0 Å². The van der Waals surface area contributed by atoms with E-state index in [2.05, 4.69) is 0 Å². The molecule has 0 spiro atoms. The molecule has 86 valence electrons. The second-order valence-corrected chi connectivity index (χ2v) is 5.75. The second-order valence-electron chi connectivity index (χ2n) is 5.75. The molecule has 2 heterocycles. The molecule has 4 heteroatoms. The minimum absolute atomic E-state index is 0.0583. The summed E-state index contributed by atoms with van der Waals surface area (Å²) in [5.41, 5.74) is -0.756. The highest BCUT2D eigenvalue weighted by molar-refractivity contribution is 5.70. The summed E-state index contributed by atoms with van der Waals surface area (Å²) in [6.45, 7) is 6.38. The van der Waals surface area contributed by atoms with Crippen molar-refractivity contribution in [2.24, 2.45) is 5.92 Å². The lowest BCUT2D eigenvalue weighted by atomic mass is 9.74. The molecule has 0 aromatic heterocycles. The normalized spacial score (nSPS) is 33.9. The Morgan fingerprint density at radius 1 is 1.53 bits per heavy atom. The molecule has 1 N–H and O–H groups in total. The largest absolute Gasteiger partial charge is 0.444 e. The summed E-state index contributed by atoms with van der Waals surface area (Å²) in [5.74, 6) is 0.574. The molecule has 2 saturated heterocycles. The molecule has 4 nitrogen and oxygen atoms in total. The Labute approximate surface area is 90.2 Å². The lowest BCUT2D eigenvalue weighted by molar-refractivity contribution is -0.00919. The topological polar surface area (TPSA) is 49.8 Å². The maximum absolute atomic E-state index is 11.9. The van der Waals surface area contributed by atoms with Gasteiger partial charge in [-0.2, -0.15) is 0 Å². The fourth-order valence-corrected chi connectivity index (χ4v) is 2.62. The molecule has 2 aliphatic heterocycles. The summed E-state index contributed by atoms with van der Waals surface area (Å²) in [7, 11) is 0. The van der Waals surface area contributed by atoms with Crippen LogP contribution in [0.1, 0.15) is 33.6 Å². The molecule has 3 aliphatic rings. The first-order valence-corrected chi connectivity index (χ1v) is 5.48. The highest BCUT2D eigenvalue weighted by Gasteiger charge is 2.58. The number of hydrogen-bond acceptors (Lipinski definition) is 3. The van der Waals surface area contributed by atoms with Gasteiger partial charge in [0.05, 0.1) is 12.1 Å². The van der Waals surface area contributed by atoms with Gasteiger partial charge in [0.1, 0.15) is 5.60 Å². The predicted molar refractivity (Wildman–Crippen MR) is 55.5 cm³/mol. The Balaban J connectivity index is 2.03. The van der Waals surface area contributed by atoms with E-state index in [0.29, 0.717) is 5.92 Å². The van der Waals surface area contributed by atoms with E-state index in [0.717, 1.165) is 19.4 Å². The minimum Gasteiger partial charge on any atom is -0.444 e. The van der Waals surface area contributed by atoms with Crippen LogP contribution in [0, 0.1) is 5.92 Å². The Kier molecular flexibility index (Phi) is 2.23. The van der Waals surface area contributed by atoms with Crippen molar-refractivity contribution in [2.75, 3.05) is 13.2 Å². The fourth-order valence-electron chi connectivity index (χ4n) is 2.62. The van der Waals surface area contributed by atoms with E-state index in [4.69, 9.17) is 4.74 Å². The first-order valence-electron chi connectivity index (χ1n) is 5.48. The number of ether oxygens (including phenoxy) is 1. The molecule has 0 unspecified atom stereocenters. The Morgan fingerprint density at radius 2 is 2.13 bits per heavy atom. The van der Waals surface area contributed by atoms with Crippen LogP contribution in [0.3, 0.4) is 0 Å². The van der Waals surface area contributed by atoms with Gasteiger partial charge in [-0.05, 0) is 39.5 Å². The number of amides is 1. The summed E-state index contributed by atoms with van der Waals surface area (Å²) >= 11 is 0. The highest BCUT2D eigenvalue weighted by atomic mass is 16.6. The minimum atomic E-state index is -0.458. The summed E-state index contributed by atoms with van der Waals surface area (Å²) in [6.07, 6.45) is 1.59. The van der Waals surface area contributed by atoms with Gasteiger partial charge in [0, 0.05) is 6.54 Å². The third-order valence-corrected chi connectivity index (χ3v) is 3.26. The van der Waals surface area contributed by atoms with Crippen molar-refractivity contribution in [1.29, 1.82) is 0 Å². The molecule has 3 fully saturated rings. The third-order valence-electron chi connectivity index (χ3n) is 3.26. The molecule has 1 aliphatic carbocycles. The molecule has 0 radical (unpaired) electrons. The van der Waals surface area contributed by atoms with Crippen molar-refractivity contribution >= 4 is 6.09 Å². The maximum Gasteiger partial charge on any atom is 0.410 e.